The maximum atomic E-state index is 13.2. The van der Waals surface area contributed by atoms with Gasteiger partial charge in [0.15, 0.2) is 0 Å². The first-order valence-corrected chi connectivity index (χ1v) is 11.3. The molecule has 0 heterocycles. The molecule has 0 saturated heterocycles. The fourth-order valence-electron chi connectivity index (χ4n) is 2.96. The van der Waals surface area contributed by atoms with E-state index in [2.05, 4.69) is 26.5 Å². The molecular weight excluding hydrogens is 442 g/mol. The smallest absolute Gasteiger partial charge is 0.264 e. The number of nitrogens with zero attached hydrogens (tertiary/aromatic N) is 2. The topological polar surface area (TPSA) is 78.8 Å². The Kier molecular flexibility index (Phi) is 6.51. The van der Waals surface area contributed by atoms with Gasteiger partial charge >= 0.3 is 0 Å². The van der Waals surface area contributed by atoms with E-state index in [9.17, 15) is 13.2 Å². The van der Waals surface area contributed by atoms with E-state index < -0.39 is 15.9 Å². The molecule has 0 spiro atoms. The summed E-state index contributed by atoms with van der Waals surface area (Å²) in [6, 6.07) is 13.4. The summed E-state index contributed by atoms with van der Waals surface area (Å²) in [6.45, 7) is 1.53. The molecule has 0 radical (unpaired) electrons. The number of nitrogens with one attached hydrogen (secondary N) is 1. The number of carbonyl (C=O) groups is 1. The molecule has 0 bridgehead atoms. The number of hydrazone groups is 1. The first-order valence-electron chi connectivity index (χ1n) is 9.05. The lowest BCUT2D eigenvalue weighted by atomic mass is 10.2. The Hall–Kier alpha value is -2.19. The Labute approximate surface area is 173 Å². The van der Waals surface area contributed by atoms with Gasteiger partial charge in [0.1, 0.15) is 6.54 Å². The fourth-order valence-corrected chi connectivity index (χ4v) is 4.65. The molecule has 0 unspecified atom stereocenters. The number of benzene rings is 2. The summed E-state index contributed by atoms with van der Waals surface area (Å²) in [6.07, 6.45) is 3.89. The highest BCUT2D eigenvalue weighted by atomic mass is 79.9. The molecule has 3 rings (SSSR count). The van der Waals surface area contributed by atoms with Crippen molar-refractivity contribution < 1.29 is 13.2 Å². The maximum Gasteiger partial charge on any atom is 0.264 e. The quantitative estimate of drug-likeness (QED) is 0.657. The number of hydrogen-bond donors (Lipinski definition) is 1. The van der Waals surface area contributed by atoms with Crippen molar-refractivity contribution in [3.05, 3.63) is 58.6 Å². The van der Waals surface area contributed by atoms with Crippen LogP contribution in [0.4, 0.5) is 5.69 Å². The van der Waals surface area contributed by atoms with Crippen LogP contribution in [0, 0.1) is 6.92 Å². The molecule has 1 saturated carbocycles. The van der Waals surface area contributed by atoms with Gasteiger partial charge in [-0.05, 0) is 69.0 Å². The minimum Gasteiger partial charge on any atom is -0.271 e. The zero-order chi connectivity index (χ0) is 20.1. The van der Waals surface area contributed by atoms with Crippen molar-refractivity contribution in [2.24, 2.45) is 5.10 Å². The van der Waals surface area contributed by atoms with Crippen LogP contribution in [0.5, 0.6) is 0 Å². The number of sulfonamides is 1. The van der Waals surface area contributed by atoms with Gasteiger partial charge in [0.2, 0.25) is 0 Å². The van der Waals surface area contributed by atoms with Gasteiger partial charge in [-0.2, -0.15) is 5.10 Å². The van der Waals surface area contributed by atoms with E-state index in [1.165, 1.54) is 0 Å². The normalized spacial score (nSPS) is 14.0. The Morgan fingerprint density at radius 1 is 1.07 bits per heavy atom. The number of amides is 1. The molecule has 6 nitrogen and oxygen atoms in total. The standard InChI is InChI=1S/C20H22BrN3O3S/c1-15-6-12-19(13-7-15)28(26,27)24(18-10-8-16(21)9-11-18)14-20(25)23-22-17-4-2-3-5-17/h6-13H,2-5,14H2,1H3,(H,23,25). The van der Waals surface area contributed by atoms with Gasteiger partial charge in [0.05, 0.1) is 10.6 Å². The first-order chi connectivity index (χ1) is 13.4. The predicted molar refractivity (Wildman–Crippen MR) is 114 cm³/mol. The van der Waals surface area contributed by atoms with E-state index in [1.54, 1.807) is 48.5 Å². The number of aryl methyl sites for hydroxylation is 1. The zero-order valence-corrected chi connectivity index (χ0v) is 18.0. The van der Waals surface area contributed by atoms with Gasteiger partial charge in [-0.1, -0.05) is 33.6 Å². The maximum absolute atomic E-state index is 13.2. The Bertz CT molecular complexity index is 963. The van der Waals surface area contributed by atoms with Crippen molar-refractivity contribution in [1.82, 2.24) is 5.43 Å². The van der Waals surface area contributed by atoms with Gasteiger partial charge in [0.25, 0.3) is 15.9 Å². The summed E-state index contributed by atoms with van der Waals surface area (Å²) in [4.78, 5) is 12.6. The van der Waals surface area contributed by atoms with E-state index in [-0.39, 0.29) is 11.4 Å². The predicted octanol–water partition coefficient (Wildman–Crippen LogP) is 4.00. The summed E-state index contributed by atoms with van der Waals surface area (Å²) in [5, 5.41) is 4.14. The molecule has 0 atom stereocenters. The highest BCUT2D eigenvalue weighted by Crippen LogP contribution is 2.25. The first kappa shape index (κ1) is 20.5. The molecule has 2 aromatic carbocycles. The molecule has 28 heavy (non-hydrogen) atoms. The lowest BCUT2D eigenvalue weighted by Crippen LogP contribution is -2.39. The highest BCUT2D eigenvalue weighted by Gasteiger charge is 2.27. The van der Waals surface area contributed by atoms with Crippen molar-refractivity contribution in [1.29, 1.82) is 0 Å². The molecule has 8 heteroatoms. The second-order valence-electron chi connectivity index (χ2n) is 6.72. The number of anilines is 1. The molecular formula is C20H22BrN3O3S. The number of halogens is 1. The highest BCUT2D eigenvalue weighted by molar-refractivity contribution is 9.10. The second-order valence-corrected chi connectivity index (χ2v) is 9.50. The minimum absolute atomic E-state index is 0.135. The molecule has 1 aliphatic rings. The molecule has 1 N–H and O–H groups in total. The van der Waals surface area contributed by atoms with Crippen LogP contribution in [0.15, 0.2) is 63.0 Å². The average Bonchev–Trinajstić information content (AvgIpc) is 3.19. The molecule has 1 aliphatic carbocycles. The second kappa shape index (κ2) is 8.87. The van der Waals surface area contributed by atoms with Crippen molar-refractivity contribution in [3.8, 4) is 0 Å². The van der Waals surface area contributed by atoms with Crippen LogP contribution in [0.25, 0.3) is 0 Å². The third-order valence-electron chi connectivity index (χ3n) is 4.53. The lowest BCUT2D eigenvalue weighted by Gasteiger charge is -2.24. The molecule has 0 aliphatic heterocycles. The van der Waals surface area contributed by atoms with Gasteiger partial charge in [-0.25, -0.2) is 13.8 Å². The molecule has 148 valence electrons. The van der Waals surface area contributed by atoms with E-state index in [0.717, 1.165) is 45.7 Å². The Morgan fingerprint density at radius 3 is 2.29 bits per heavy atom. The van der Waals surface area contributed by atoms with Gasteiger partial charge in [-0.3, -0.25) is 9.10 Å². The molecule has 1 amide bonds. The lowest BCUT2D eigenvalue weighted by molar-refractivity contribution is -0.119. The molecule has 2 aromatic rings. The van der Waals surface area contributed by atoms with Gasteiger partial charge in [-0.15, -0.1) is 0 Å². The number of hydrogen-bond acceptors (Lipinski definition) is 4. The van der Waals surface area contributed by atoms with E-state index >= 15 is 0 Å². The largest absolute Gasteiger partial charge is 0.271 e. The summed E-state index contributed by atoms with van der Waals surface area (Å²) >= 11 is 3.35. The zero-order valence-electron chi connectivity index (χ0n) is 15.6. The fraction of sp³-hybridized carbons (Fsp3) is 0.300. The van der Waals surface area contributed by atoms with Crippen LogP contribution in [-0.2, 0) is 14.8 Å². The SMILES string of the molecule is Cc1ccc(S(=O)(=O)N(CC(=O)NN=C2CCCC2)c2ccc(Br)cc2)cc1. The monoisotopic (exact) mass is 463 g/mol. The van der Waals surface area contributed by atoms with Crippen molar-refractivity contribution in [2.75, 3.05) is 10.8 Å². The third-order valence-corrected chi connectivity index (χ3v) is 6.85. The molecule has 1 fully saturated rings. The van der Waals surface area contributed by atoms with Crippen LogP contribution >= 0.6 is 15.9 Å². The number of carbonyl (C=O) groups excluding carboxylic acids is 1. The van der Waals surface area contributed by atoms with Crippen molar-refractivity contribution >= 4 is 43.3 Å². The summed E-state index contributed by atoms with van der Waals surface area (Å²) in [7, 11) is -3.91. The summed E-state index contributed by atoms with van der Waals surface area (Å²) in [5.41, 5.74) is 4.82. The Morgan fingerprint density at radius 2 is 1.68 bits per heavy atom. The number of rotatable bonds is 6. The third kappa shape index (κ3) is 4.99. The van der Waals surface area contributed by atoms with Crippen LogP contribution in [0.2, 0.25) is 0 Å². The van der Waals surface area contributed by atoms with E-state index in [0.29, 0.717) is 5.69 Å². The van der Waals surface area contributed by atoms with Crippen LogP contribution in [0.3, 0.4) is 0 Å². The summed E-state index contributed by atoms with van der Waals surface area (Å²) < 4.78 is 28.4. The van der Waals surface area contributed by atoms with Crippen LogP contribution in [0.1, 0.15) is 31.2 Å². The summed E-state index contributed by atoms with van der Waals surface area (Å²) in [5.74, 6) is -0.474. The van der Waals surface area contributed by atoms with E-state index in [1.807, 2.05) is 6.92 Å². The van der Waals surface area contributed by atoms with Crippen LogP contribution in [-0.4, -0.2) is 26.6 Å². The average molecular weight is 464 g/mol. The van der Waals surface area contributed by atoms with Gasteiger partial charge in [0, 0.05) is 10.2 Å². The Balaban J connectivity index is 1.88. The molecule has 0 aromatic heterocycles. The minimum atomic E-state index is -3.91. The van der Waals surface area contributed by atoms with Crippen molar-refractivity contribution in [3.63, 3.8) is 0 Å². The van der Waals surface area contributed by atoms with Gasteiger partial charge < -0.3 is 0 Å². The van der Waals surface area contributed by atoms with Crippen molar-refractivity contribution in [2.45, 2.75) is 37.5 Å². The van der Waals surface area contributed by atoms with E-state index in [4.69, 9.17) is 0 Å². The van der Waals surface area contributed by atoms with Crippen LogP contribution < -0.4 is 9.73 Å².